The summed E-state index contributed by atoms with van der Waals surface area (Å²) in [7, 11) is 0. The Morgan fingerprint density at radius 3 is 2.27 bits per heavy atom. The average molecular weight is 208 g/mol. The van der Waals surface area contributed by atoms with Gasteiger partial charge in [-0.25, -0.2) is 9.98 Å². The first-order valence-electron chi connectivity index (χ1n) is 5.58. The van der Waals surface area contributed by atoms with E-state index in [1.165, 1.54) is 0 Å². The first-order valence-corrected chi connectivity index (χ1v) is 5.58. The number of hydrogen-bond donors (Lipinski definition) is 0. The molecule has 0 heterocycles. The van der Waals surface area contributed by atoms with Crippen molar-refractivity contribution in [1.82, 2.24) is 0 Å². The molecule has 0 rings (SSSR count). The number of rotatable bonds is 3. The fourth-order valence-corrected chi connectivity index (χ4v) is 1.58. The molecule has 1 unspecified atom stereocenters. The molecule has 0 aliphatic heterocycles. The predicted molar refractivity (Wildman–Crippen MR) is 69.7 cm³/mol. The summed E-state index contributed by atoms with van der Waals surface area (Å²) in [4.78, 5) is 8.67. The van der Waals surface area contributed by atoms with Gasteiger partial charge in [-0.05, 0) is 25.7 Å². The van der Waals surface area contributed by atoms with Gasteiger partial charge in [0.05, 0.1) is 0 Å². The summed E-state index contributed by atoms with van der Waals surface area (Å²) in [5, 5.41) is 0. The van der Waals surface area contributed by atoms with Gasteiger partial charge in [-0.1, -0.05) is 33.8 Å². The maximum atomic E-state index is 4.35. The van der Waals surface area contributed by atoms with Gasteiger partial charge in [0.25, 0.3) is 0 Å². The van der Waals surface area contributed by atoms with E-state index >= 15 is 0 Å². The van der Waals surface area contributed by atoms with Gasteiger partial charge in [0.1, 0.15) is 5.84 Å². The molecule has 0 spiro atoms. The van der Waals surface area contributed by atoms with Crippen molar-refractivity contribution in [3.05, 3.63) is 12.3 Å². The van der Waals surface area contributed by atoms with E-state index < -0.39 is 0 Å². The monoisotopic (exact) mass is 208 g/mol. The molecule has 2 heteroatoms. The van der Waals surface area contributed by atoms with E-state index in [2.05, 4.69) is 37.7 Å². The number of hydrogen-bond acceptors (Lipinski definition) is 1. The van der Waals surface area contributed by atoms with Gasteiger partial charge < -0.3 is 0 Å². The fourth-order valence-electron chi connectivity index (χ4n) is 1.58. The topological polar surface area (TPSA) is 24.7 Å². The minimum absolute atomic E-state index is 0.319. The first-order chi connectivity index (χ1) is 6.90. The largest absolute Gasteiger partial charge is 0.246 e. The van der Waals surface area contributed by atoms with E-state index in [0.29, 0.717) is 11.3 Å². The lowest BCUT2D eigenvalue weighted by molar-refractivity contribution is 0.345. The third kappa shape index (κ3) is 7.06. The Morgan fingerprint density at radius 1 is 1.27 bits per heavy atom. The average Bonchev–Trinajstić information content (AvgIpc) is 2.09. The van der Waals surface area contributed by atoms with Crippen molar-refractivity contribution < 1.29 is 0 Å². The molecular weight excluding hydrogens is 184 g/mol. The van der Waals surface area contributed by atoms with Crippen LogP contribution in [0.3, 0.4) is 0 Å². The van der Waals surface area contributed by atoms with Crippen LogP contribution >= 0.6 is 0 Å². The molecule has 86 valence electrons. The van der Waals surface area contributed by atoms with Gasteiger partial charge >= 0.3 is 0 Å². The summed E-state index contributed by atoms with van der Waals surface area (Å²) in [6.07, 6.45) is 6.64. The second-order valence-electron chi connectivity index (χ2n) is 5.02. The quantitative estimate of drug-likeness (QED) is 0.493. The number of amidine groups is 1. The van der Waals surface area contributed by atoms with E-state index in [1.807, 2.05) is 32.3 Å². The molecule has 0 saturated heterocycles. The SMILES string of the molecule is CC=NC(=N/C=C\C)C(C)CC(C)(C)C. The highest BCUT2D eigenvalue weighted by atomic mass is 14.9. The van der Waals surface area contributed by atoms with Crippen LogP contribution in [-0.2, 0) is 0 Å². The highest BCUT2D eigenvalue weighted by molar-refractivity contribution is 5.91. The van der Waals surface area contributed by atoms with Gasteiger partial charge in [0, 0.05) is 18.3 Å². The second-order valence-corrected chi connectivity index (χ2v) is 5.02. The van der Waals surface area contributed by atoms with Crippen molar-refractivity contribution in [3.8, 4) is 0 Å². The van der Waals surface area contributed by atoms with E-state index in [-0.39, 0.29) is 0 Å². The molecule has 0 radical (unpaired) electrons. The summed E-state index contributed by atoms with van der Waals surface area (Å²) in [6, 6.07) is 0. The molecule has 0 N–H and O–H groups in total. The summed E-state index contributed by atoms with van der Waals surface area (Å²) < 4.78 is 0. The van der Waals surface area contributed by atoms with Gasteiger partial charge in [-0.15, -0.1) is 0 Å². The van der Waals surface area contributed by atoms with Gasteiger partial charge in [0.15, 0.2) is 0 Å². The summed E-state index contributed by atoms with van der Waals surface area (Å²) >= 11 is 0. The van der Waals surface area contributed by atoms with Crippen molar-refractivity contribution in [3.63, 3.8) is 0 Å². The molecule has 0 aromatic heterocycles. The Balaban J connectivity index is 4.63. The van der Waals surface area contributed by atoms with Crippen LogP contribution in [0, 0.1) is 11.3 Å². The zero-order chi connectivity index (χ0) is 11.9. The molecule has 1 atom stereocenters. The molecule has 0 saturated carbocycles. The molecule has 0 bridgehead atoms. The van der Waals surface area contributed by atoms with Crippen LogP contribution in [0.25, 0.3) is 0 Å². The Kier molecular flexibility index (Phi) is 6.14. The van der Waals surface area contributed by atoms with E-state index in [4.69, 9.17) is 0 Å². The highest BCUT2D eigenvalue weighted by Gasteiger charge is 2.18. The predicted octanol–water partition coefficient (Wildman–Crippen LogP) is 4.08. The minimum atomic E-state index is 0.319. The van der Waals surface area contributed by atoms with Gasteiger partial charge in [-0.2, -0.15) is 0 Å². The van der Waals surface area contributed by atoms with Gasteiger partial charge in [0.2, 0.25) is 0 Å². The Morgan fingerprint density at radius 2 is 1.87 bits per heavy atom. The fraction of sp³-hybridized carbons (Fsp3) is 0.692. The summed E-state index contributed by atoms with van der Waals surface area (Å²) in [6.45, 7) is 12.8. The minimum Gasteiger partial charge on any atom is -0.246 e. The van der Waals surface area contributed by atoms with Crippen molar-refractivity contribution in [2.24, 2.45) is 21.3 Å². The van der Waals surface area contributed by atoms with Crippen LogP contribution in [0.15, 0.2) is 22.3 Å². The first kappa shape index (κ1) is 14.1. The van der Waals surface area contributed by atoms with Gasteiger partial charge in [-0.3, -0.25) is 0 Å². The Labute approximate surface area is 94.2 Å². The summed E-state index contributed by atoms with van der Waals surface area (Å²) in [5.41, 5.74) is 0.319. The van der Waals surface area contributed by atoms with Crippen LogP contribution in [-0.4, -0.2) is 12.1 Å². The van der Waals surface area contributed by atoms with Crippen LogP contribution in [0.5, 0.6) is 0 Å². The second kappa shape index (κ2) is 6.54. The van der Waals surface area contributed by atoms with E-state index in [1.54, 1.807) is 0 Å². The van der Waals surface area contributed by atoms with Crippen LogP contribution in [0.2, 0.25) is 0 Å². The Hall–Kier alpha value is -0.920. The Bertz CT molecular complexity index is 254. The number of nitrogens with zero attached hydrogens (tertiary/aromatic N) is 2. The molecule has 0 aliphatic rings. The van der Waals surface area contributed by atoms with Crippen molar-refractivity contribution in [2.45, 2.75) is 48.0 Å². The number of allylic oxidation sites excluding steroid dienone is 1. The highest BCUT2D eigenvalue weighted by Crippen LogP contribution is 2.25. The summed E-state index contributed by atoms with van der Waals surface area (Å²) in [5.74, 6) is 1.32. The van der Waals surface area contributed by atoms with E-state index in [0.717, 1.165) is 12.3 Å². The molecule has 0 fully saturated rings. The lowest BCUT2D eigenvalue weighted by atomic mass is 9.85. The molecule has 0 aromatic rings. The lowest BCUT2D eigenvalue weighted by Gasteiger charge is -2.22. The molecule has 0 amide bonds. The molecule has 0 aliphatic carbocycles. The van der Waals surface area contributed by atoms with Crippen LogP contribution in [0.1, 0.15) is 48.0 Å². The maximum absolute atomic E-state index is 4.35. The zero-order valence-corrected chi connectivity index (χ0v) is 10.9. The van der Waals surface area contributed by atoms with Crippen molar-refractivity contribution in [2.75, 3.05) is 0 Å². The number of aliphatic imine (C=N–C) groups is 2. The molecule has 2 nitrogen and oxygen atoms in total. The van der Waals surface area contributed by atoms with Crippen molar-refractivity contribution >= 4 is 12.1 Å². The third-order valence-electron chi connectivity index (χ3n) is 1.98. The van der Waals surface area contributed by atoms with E-state index in [9.17, 15) is 0 Å². The smallest absolute Gasteiger partial charge is 0.130 e. The lowest BCUT2D eigenvalue weighted by Crippen LogP contribution is -2.17. The normalized spacial score (nSPS) is 16.5. The maximum Gasteiger partial charge on any atom is 0.130 e. The molecule has 15 heavy (non-hydrogen) atoms. The third-order valence-corrected chi connectivity index (χ3v) is 1.98. The van der Waals surface area contributed by atoms with Crippen LogP contribution < -0.4 is 0 Å². The zero-order valence-electron chi connectivity index (χ0n) is 10.9. The molecule has 0 aromatic carbocycles. The standard InChI is InChI=1S/C13H24N2/c1-7-9-15-12(14-8-2)11(3)10-13(4,5)6/h7-9,11H,10H2,1-6H3/b9-7-,14-8?,15-12?. The van der Waals surface area contributed by atoms with Crippen molar-refractivity contribution in [1.29, 1.82) is 0 Å². The van der Waals surface area contributed by atoms with Crippen LogP contribution in [0.4, 0.5) is 0 Å². The molecular formula is C13H24N2.